The van der Waals surface area contributed by atoms with E-state index in [0.717, 1.165) is 31.3 Å². The van der Waals surface area contributed by atoms with E-state index in [4.69, 9.17) is 14.2 Å². The molecule has 11 heteroatoms. The quantitative estimate of drug-likeness (QED) is 0.0622. The molecule has 0 aromatic heterocycles. The highest BCUT2D eigenvalue weighted by molar-refractivity contribution is 5.66. The van der Waals surface area contributed by atoms with Gasteiger partial charge in [-0.3, -0.25) is 4.79 Å². The van der Waals surface area contributed by atoms with E-state index in [1.54, 1.807) is 27.7 Å². The van der Waals surface area contributed by atoms with Crippen molar-refractivity contribution in [3.8, 4) is 0 Å². The van der Waals surface area contributed by atoms with Crippen molar-refractivity contribution < 1.29 is 54.8 Å². The summed E-state index contributed by atoms with van der Waals surface area (Å²) in [6.07, 6.45) is 2.61. The minimum Gasteiger partial charge on any atom is -0.460 e. The van der Waals surface area contributed by atoms with Crippen molar-refractivity contribution in [1.29, 1.82) is 0 Å². The van der Waals surface area contributed by atoms with Gasteiger partial charge in [-0.15, -0.1) is 0 Å². The van der Waals surface area contributed by atoms with Crippen LogP contribution in [-0.4, -0.2) is 108 Å². The fourth-order valence-corrected chi connectivity index (χ4v) is 6.00. The first-order valence-electron chi connectivity index (χ1n) is 17.8. The lowest BCUT2D eigenvalue weighted by Crippen LogP contribution is -2.60. The van der Waals surface area contributed by atoms with Crippen molar-refractivity contribution in [1.82, 2.24) is 0 Å². The summed E-state index contributed by atoms with van der Waals surface area (Å²) in [4.78, 5) is 12.2. The fourth-order valence-electron chi connectivity index (χ4n) is 6.00. The van der Waals surface area contributed by atoms with Crippen LogP contribution in [0, 0.1) is 0 Å². The SMILES string of the molecule is CC(=O)OC(CCC(OC1OC(CO)C(O)C(O)C1O)C(C)(O)CCC=C(C)CCC=C(C)C)C(C)(O)CCC=C(C)CCCC(C)(C)O. The summed E-state index contributed by atoms with van der Waals surface area (Å²) in [5, 5.41) is 74.3. The summed E-state index contributed by atoms with van der Waals surface area (Å²) in [5.74, 6) is -0.574. The Morgan fingerprint density at radius 1 is 0.735 bits per heavy atom. The van der Waals surface area contributed by atoms with Gasteiger partial charge in [-0.25, -0.2) is 0 Å². The molecule has 49 heavy (non-hydrogen) atoms. The third-order valence-electron chi connectivity index (χ3n) is 9.27. The van der Waals surface area contributed by atoms with Crippen LogP contribution in [0.1, 0.15) is 133 Å². The normalized spacial score (nSPS) is 26.0. The second kappa shape index (κ2) is 21.0. The van der Waals surface area contributed by atoms with Gasteiger partial charge in [0.05, 0.1) is 29.5 Å². The predicted octanol–water partition coefficient (Wildman–Crippen LogP) is 4.53. The van der Waals surface area contributed by atoms with Gasteiger partial charge in [0, 0.05) is 6.92 Å². The number of carbonyl (C=O) groups excluding carboxylic acids is 1. The lowest BCUT2D eigenvalue weighted by molar-refractivity contribution is -0.324. The second-order valence-electron chi connectivity index (χ2n) is 15.4. The van der Waals surface area contributed by atoms with Gasteiger partial charge in [-0.05, 0) is 126 Å². The summed E-state index contributed by atoms with van der Waals surface area (Å²) in [5.41, 5.74) is -0.0933. The van der Waals surface area contributed by atoms with E-state index in [1.807, 2.05) is 19.9 Å². The van der Waals surface area contributed by atoms with Crippen LogP contribution in [0.25, 0.3) is 0 Å². The average Bonchev–Trinajstić information content (AvgIpc) is 2.97. The molecule has 0 aromatic rings. The van der Waals surface area contributed by atoms with Crippen LogP contribution in [0.15, 0.2) is 34.9 Å². The molecule has 1 heterocycles. The van der Waals surface area contributed by atoms with Gasteiger partial charge in [0.1, 0.15) is 30.5 Å². The number of aliphatic hydroxyl groups excluding tert-OH is 4. The van der Waals surface area contributed by atoms with E-state index in [2.05, 4.69) is 26.0 Å². The van der Waals surface area contributed by atoms with Crippen LogP contribution in [0.5, 0.6) is 0 Å². The number of allylic oxidation sites excluding steroid dienone is 6. The first kappa shape index (κ1) is 45.4. The topological polar surface area (TPSA) is 186 Å². The van der Waals surface area contributed by atoms with Crippen molar-refractivity contribution in [3.05, 3.63) is 34.9 Å². The number of ether oxygens (including phenoxy) is 3. The van der Waals surface area contributed by atoms with E-state index in [0.29, 0.717) is 25.7 Å². The summed E-state index contributed by atoms with van der Waals surface area (Å²) in [7, 11) is 0. The smallest absolute Gasteiger partial charge is 0.303 e. The molecule has 0 aromatic carbocycles. The van der Waals surface area contributed by atoms with Crippen molar-refractivity contribution in [2.24, 2.45) is 0 Å². The van der Waals surface area contributed by atoms with E-state index in [-0.39, 0.29) is 19.3 Å². The minimum atomic E-state index is -1.67. The van der Waals surface area contributed by atoms with Gasteiger partial charge in [-0.1, -0.05) is 34.9 Å². The van der Waals surface area contributed by atoms with Crippen LogP contribution >= 0.6 is 0 Å². The molecule has 1 saturated heterocycles. The summed E-state index contributed by atoms with van der Waals surface area (Å²) >= 11 is 0. The number of aliphatic hydroxyl groups is 7. The van der Waals surface area contributed by atoms with Gasteiger partial charge in [0.25, 0.3) is 0 Å². The molecule has 0 spiro atoms. The average molecular weight is 701 g/mol. The Morgan fingerprint density at radius 3 is 1.78 bits per heavy atom. The molecule has 1 aliphatic heterocycles. The summed E-state index contributed by atoms with van der Waals surface area (Å²) in [6, 6.07) is 0. The van der Waals surface area contributed by atoms with Gasteiger partial charge in [0.15, 0.2) is 6.29 Å². The minimum absolute atomic E-state index is 0.0746. The molecule has 0 saturated carbocycles. The Labute approximate surface area is 294 Å². The Kier molecular flexibility index (Phi) is 19.4. The number of hydrogen-bond acceptors (Lipinski definition) is 11. The van der Waals surface area contributed by atoms with Gasteiger partial charge in [-0.2, -0.15) is 0 Å². The second-order valence-corrected chi connectivity index (χ2v) is 15.4. The highest BCUT2D eigenvalue weighted by atomic mass is 16.7. The Morgan fingerprint density at radius 2 is 1.27 bits per heavy atom. The Bertz CT molecular complexity index is 1070. The lowest BCUT2D eigenvalue weighted by Gasteiger charge is -2.43. The summed E-state index contributed by atoms with van der Waals surface area (Å²) < 4.78 is 17.3. The molecule has 286 valence electrons. The maximum absolute atomic E-state index is 12.2. The Hall–Kier alpha value is -1.67. The van der Waals surface area contributed by atoms with Gasteiger partial charge in [0.2, 0.25) is 0 Å². The van der Waals surface area contributed by atoms with Gasteiger partial charge < -0.3 is 50.0 Å². The first-order chi connectivity index (χ1) is 22.6. The molecular formula is C38H68O11. The summed E-state index contributed by atoms with van der Waals surface area (Å²) in [6.45, 7) is 15.5. The van der Waals surface area contributed by atoms with E-state index < -0.39 is 72.3 Å². The van der Waals surface area contributed by atoms with Crippen molar-refractivity contribution in [2.75, 3.05) is 6.61 Å². The van der Waals surface area contributed by atoms with Crippen LogP contribution in [0.3, 0.4) is 0 Å². The largest absolute Gasteiger partial charge is 0.460 e. The Balaban J connectivity index is 3.17. The molecule has 0 aliphatic carbocycles. The molecule has 9 unspecified atom stereocenters. The molecule has 1 aliphatic rings. The van der Waals surface area contributed by atoms with Gasteiger partial charge >= 0.3 is 5.97 Å². The third kappa shape index (κ3) is 17.4. The standard InChI is InChI=1S/C38H68O11/c1-25(2)14-10-15-26(3)17-12-23-38(9,46)31(49-35-34(43)33(42)32(41)29(24-39)48-35)20-19-30(47-28(5)40)37(8,45)22-13-18-27(4)16-11-21-36(6,7)44/h14,17-18,29-35,39,41-46H,10-13,15-16,19-24H2,1-9H3. The molecule has 11 nitrogen and oxygen atoms in total. The molecule has 0 bridgehead atoms. The molecule has 0 amide bonds. The molecule has 1 fully saturated rings. The highest BCUT2D eigenvalue weighted by Gasteiger charge is 2.47. The zero-order valence-corrected chi connectivity index (χ0v) is 31.5. The molecule has 1 rings (SSSR count). The number of rotatable bonds is 22. The zero-order chi connectivity index (χ0) is 37.6. The van der Waals surface area contributed by atoms with E-state index in [1.165, 1.54) is 18.1 Å². The van der Waals surface area contributed by atoms with E-state index in [9.17, 15) is 40.5 Å². The van der Waals surface area contributed by atoms with Crippen molar-refractivity contribution in [2.45, 2.75) is 193 Å². The van der Waals surface area contributed by atoms with Crippen LogP contribution in [0.2, 0.25) is 0 Å². The highest BCUT2D eigenvalue weighted by Crippen LogP contribution is 2.33. The van der Waals surface area contributed by atoms with Crippen LogP contribution in [-0.2, 0) is 19.0 Å². The van der Waals surface area contributed by atoms with Crippen LogP contribution < -0.4 is 0 Å². The molecule has 7 N–H and O–H groups in total. The van der Waals surface area contributed by atoms with Crippen molar-refractivity contribution in [3.63, 3.8) is 0 Å². The van der Waals surface area contributed by atoms with Crippen molar-refractivity contribution >= 4 is 5.97 Å². The van der Waals surface area contributed by atoms with Crippen LogP contribution in [0.4, 0.5) is 0 Å². The monoisotopic (exact) mass is 700 g/mol. The number of hydrogen-bond donors (Lipinski definition) is 7. The fraction of sp³-hybridized carbons (Fsp3) is 0.816. The predicted molar refractivity (Wildman–Crippen MR) is 189 cm³/mol. The zero-order valence-electron chi connectivity index (χ0n) is 31.5. The number of esters is 1. The maximum Gasteiger partial charge on any atom is 0.303 e. The lowest BCUT2D eigenvalue weighted by atomic mass is 9.85. The first-order valence-corrected chi connectivity index (χ1v) is 17.8. The molecule has 9 atom stereocenters. The molecular weight excluding hydrogens is 632 g/mol. The number of carbonyl (C=O) groups is 1. The van der Waals surface area contributed by atoms with E-state index >= 15 is 0 Å². The third-order valence-corrected chi connectivity index (χ3v) is 9.27. The molecule has 0 radical (unpaired) electrons. The maximum atomic E-state index is 12.2.